The summed E-state index contributed by atoms with van der Waals surface area (Å²) in [6.45, 7) is 5.04. The maximum atomic E-state index is 10.4. The first kappa shape index (κ1) is 11.9. The maximum absolute atomic E-state index is 10.4. The predicted octanol–water partition coefficient (Wildman–Crippen LogP) is 2.59. The molecule has 0 saturated heterocycles. The third kappa shape index (κ3) is 4.22. The van der Waals surface area contributed by atoms with E-state index >= 15 is 0 Å². The van der Waals surface area contributed by atoms with Crippen molar-refractivity contribution in [2.24, 2.45) is 0 Å². The number of hydrogen-bond acceptors (Lipinski definition) is 3. The minimum absolute atomic E-state index is 0.114. The van der Waals surface area contributed by atoms with Gasteiger partial charge in [0.2, 0.25) is 0 Å². The minimum Gasteiger partial charge on any atom is -0.308 e. The van der Waals surface area contributed by atoms with E-state index in [1.54, 1.807) is 12.1 Å². The standard InChI is InChI=1S/C10H11BrN2O2/c1-8(11)6-12-7-9-2-4-10(5-3-9)13(14)15/h2-5,12H,1,6-7H2. The van der Waals surface area contributed by atoms with E-state index in [2.05, 4.69) is 27.8 Å². The molecular weight excluding hydrogens is 260 g/mol. The van der Waals surface area contributed by atoms with Crippen LogP contribution in [0.1, 0.15) is 5.56 Å². The molecule has 0 spiro atoms. The van der Waals surface area contributed by atoms with E-state index in [0.29, 0.717) is 13.1 Å². The molecular formula is C10H11BrN2O2. The highest BCUT2D eigenvalue weighted by Gasteiger charge is 2.03. The average Bonchev–Trinajstić information content (AvgIpc) is 2.18. The molecule has 0 amide bonds. The molecule has 80 valence electrons. The second-order valence-corrected chi connectivity index (χ2v) is 4.17. The van der Waals surface area contributed by atoms with Gasteiger partial charge in [0, 0.05) is 29.7 Å². The number of non-ortho nitro benzene ring substituents is 1. The van der Waals surface area contributed by atoms with E-state index in [4.69, 9.17) is 0 Å². The predicted molar refractivity (Wildman–Crippen MR) is 62.9 cm³/mol. The van der Waals surface area contributed by atoms with Gasteiger partial charge >= 0.3 is 0 Å². The molecule has 0 aliphatic carbocycles. The summed E-state index contributed by atoms with van der Waals surface area (Å²) in [4.78, 5) is 9.98. The van der Waals surface area contributed by atoms with E-state index < -0.39 is 4.92 Å². The highest BCUT2D eigenvalue weighted by molar-refractivity contribution is 9.11. The smallest absolute Gasteiger partial charge is 0.269 e. The number of nitro groups is 1. The van der Waals surface area contributed by atoms with Gasteiger partial charge in [-0.05, 0) is 5.56 Å². The van der Waals surface area contributed by atoms with Gasteiger partial charge in [-0.2, -0.15) is 0 Å². The van der Waals surface area contributed by atoms with Gasteiger partial charge in [-0.1, -0.05) is 34.6 Å². The lowest BCUT2D eigenvalue weighted by atomic mass is 10.2. The largest absolute Gasteiger partial charge is 0.308 e. The number of nitrogens with one attached hydrogen (secondary N) is 1. The zero-order chi connectivity index (χ0) is 11.3. The third-order valence-corrected chi connectivity index (χ3v) is 2.07. The summed E-state index contributed by atoms with van der Waals surface area (Å²) in [7, 11) is 0. The molecule has 0 aliphatic rings. The fourth-order valence-electron chi connectivity index (χ4n) is 1.08. The van der Waals surface area contributed by atoms with Gasteiger partial charge in [0.1, 0.15) is 0 Å². The Balaban J connectivity index is 2.50. The van der Waals surface area contributed by atoms with E-state index in [0.717, 1.165) is 10.0 Å². The molecule has 1 N–H and O–H groups in total. The second kappa shape index (κ2) is 5.63. The van der Waals surface area contributed by atoms with Crippen molar-refractivity contribution in [2.45, 2.75) is 6.54 Å². The molecule has 0 unspecified atom stereocenters. The highest BCUT2D eigenvalue weighted by atomic mass is 79.9. The first-order chi connectivity index (χ1) is 7.09. The Morgan fingerprint density at radius 2 is 2.07 bits per heavy atom. The van der Waals surface area contributed by atoms with E-state index in [1.807, 2.05) is 0 Å². The van der Waals surface area contributed by atoms with Crippen molar-refractivity contribution in [1.29, 1.82) is 0 Å². The van der Waals surface area contributed by atoms with Crippen LogP contribution in [0, 0.1) is 10.1 Å². The number of nitro benzene ring substituents is 1. The van der Waals surface area contributed by atoms with Crippen LogP contribution in [0.2, 0.25) is 0 Å². The van der Waals surface area contributed by atoms with Gasteiger partial charge in [0.15, 0.2) is 0 Å². The van der Waals surface area contributed by atoms with Crippen LogP contribution in [0.25, 0.3) is 0 Å². The Labute approximate surface area is 96.3 Å². The summed E-state index contributed by atoms with van der Waals surface area (Å²) in [6.07, 6.45) is 0. The van der Waals surface area contributed by atoms with Crippen LogP contribution in [0.5, 0.6) is 0 Å². The van der Waals surface area contributed by atoms with Crippen LogP contribution in [0.4, 0.5) is 5.69 Å². The molecule has 0 atom stereocenters. The summed E-state index contributed by atoms with van der Waals surface area (Å²) in [5, 5.41) is 13.5. The molecule has 4 nitrogen and oxygen atoms in total. The Kier molecular flexibility index (Phi) is 4.45. The number of hydrogen-bond donors (Lipinski definition) is 1. The van der Waals surface area contributed by atoms with Crippen molar-refractivity contribution in [1.82, 2.24) is 5.32 Å². The normalized spacial score (nSPS) is 9.93. The van der Waals surface area contributed by atoms with Crippen LogP contribution in [-0.4, -0.2) is 11.5 Å². The molecule has 1 aromatic carbocycles. The lowest BCUT2D eigenvalue weighted by Crippen LogP contribution is -2.14. The van der Waals surface area contributed by atoms with Crippen LogP contribution < -0.4 is 5.32 Å². The molecule has 0 saturated carbocycles. The van der Waals surface area contributed by atoms with Crippen molar-refractivity contribution in [2.75, 3.05) is 6.54 Å². The second-order valence-electron chi connectivity index (χ2n) is 3.04. The summed E-state index contributed by atoms with van der Waals surface area (Å²) >= 11 is 3.23. The van der Waals surface area contributed by atoms with Gasteiger partial charge in [-0.3, -0.25) is 10.1 Å². The number of rotatable bonds is 5. The zero-order valence-corrected chi connectivity index (χ0v) is 9.66. The van der Waals surface area contributed by atoms with Gasteiger partial charge in [0.05, 0.1) is 4.92 Å². The zero-order valence-electron chi connectivity index (χ0n) is 8.07. The molecule has 0 heterocycles. The van der Waals surface area contributed by atoms with Gasteiger partial charge < -0.3 is 5.32 Å². The fourth-order valence-corrected chi connectivity index (χ4v) is 1.28. The third-order valence-electron chi connectivity index (χ3n) is 1.79. The molecule has 1 rings (SSSR count). The van der Waals surface area contributed by atoms with Gasteiger partial charge in [0.25, 0.3) is 5.69 Å². The van der Waals surface area contributed by atoms with Crippen LogP contribution in [0.15, 0.2) is 35.3 Å². The van der Waals surface area contributed by atoms with E-state index in [-0.39, 0.29) is 5.69 Å². The van der Waals surface area contributed by atoms with Crippen molar-refractivity contribution < 1.29 is 4.92 Å². The molecule has 1 aromatic rings. The van der Waals surface area contributed by atoms with Crippen molar-refractivity contribution in [3.63, 3.8) is 0 Å². The van der Waals surface area contributed by atoms with Crippen LogP contribution in [0.3, 0.4) is 0 Å². The Bertz CT molecular complexity index is 362. The van der Waals surface area contributed by atoms with Crippen molar-refractivity contribution >= 4 is 21.6 Å². The van der Waals surface area contributed by atoms with Gasteiger partial charge in [-0.15, -0.1) is 0 Å². The SMILES string of the molecule is C=C(Br)CNCc1ccc([N+](=O)[O-])cc1. The molecule has 0 bridgehead atoms. The molecule has 0 fully saturated rings. The Hall–Kier alpha value is -1.20. The summed E-state index contributed by atoms with van der Waals surface area (Å²) < 4.78 is 0.879. The lowest BCUT2D eigenvalue weighted by Gasteiger charge is -2.02. The summed E-state index contributed by atoms with van der Waals surface area (Å²) in [5.41, 5.74) is 1.12. The van der Waals surface area contributed by atoms with Crippen molar-refractivity contribution in [3.05, 3.63) is 51.0 Å². The minimum atomic E-state index is -0.405. The molecule has 0 radical (unpaired) electrons. The van der Waals surface area contributed by atoms with Crippen molar-refractivity contribution in [3.8, 4) is 0 Å². The topological polar surface area (TPSA) is 55.2 Å². The average molecular weight is 271 g/mol. The van der Waals surface area contributed by atoms with Crippen LogP contribution >= 0.6 is 15.9 Å². The number of nitrogens with zero attached hydrogens (tertiary/aromatic N) is 1. The fraction of sp³-hybridized carbons (Fsp3) is 0.200. The van der Waals surface area contributed by atoms with Crippen LogP contribution in [-0.2, 0) is 6.54 Å². The Morgan fingerprint density at radius 1 is 1.47 bits per heavy atom. The summed E-state index contributed by atoms with van der Waals surface area (Å²) in [6, 6.07) is 6.48. The van der Waals surface area contributed by atoms with Gasteiger partial charge in [-0.25, -0.2) is 0 Å². The molecule has 0 aromatic heterocycles. The molecule has 15 heavy (non-hydrogen) atoms. The molecule has 5 heteroatoms. The van der Waals surface area contributed by atoms with E-state index in [9.17, 15) is 10.1 Å². The molecule has 0 aliphatic heterocycles. The maximum Gasteiger partial charge on any atom is 0.269 e. The number of halogens is 1. The lowest BCUT2D eigenvalue weighted by molar-refractivity contribution is -0.384. The number of benzene rings is 1. The monoisotopic (exact) mass is 270 g/mol. The first-order valence-corrected chi connectivity index (χ1v) is 5.16. The quantitative estimate of drug-likeness (QED) is 0.661. The summed E-state index contributed by atoms with van der Waals surface area (Å²) in [5.74, 6) is 0. The van der Waals surface area contributed by atoms with E-state index in [1.165, 1.54) is 12.1 Å². The Morgan fingerprint density at radius 3 is 2.53 bits per heavy atom. The first-order valence-electron chi connectivity index (χ1n) is 4.37. The highest BCUT2D eigenvalue weighted by Crippen LogP contribution is 2.11.